The van der Waals surface area contributed by atoms with Gasteiger partial charge in [0.25, 0.3) is 5.91 Å². The van der Waals surface area contributed by atoms with Crippen molar-refractivity contribution < 1.29 is 62.6 Å². The second kappa shape index (κ2) is 33.0. The zero-order valence-electron chi connectivity index (χ0n) is 50.5. The largest absolute Gasteiger partial charge is 0.481 e. The van der Waals surface area contributed by atoms with Crippen LogP contribution < -0.4 is 26.7 Å². The Bertz CT molecular complexity index is 2430. The summed E-state index contributed by atoms with van der Waals surface area (Å²) in [5.74, 6) is -5.52. The molecular weight excluding hydrogens is 1050 g/mol. The lowest BCUT2D eigenvalue weighted by molar-refractivity contribution is -0.148. The highest BCUT2D eigenvalue weighted by Gasteiger charge is 2.44. The van der Waals surface area contributed by atoms with Gasteiger partial charge < -0.3 is 50.5 Å². The van der Waals surface area contributed by atoms with Gasteiger partial charge in [-0.2, -0.15) is 0 Å². The Morgan fingerprint density at radius 2 is 1.35 bits per heavy atom. The second-order valence-electron chi connectivity index (χ2n) is 22.9. The fourth-order valence-corrected chi connectivity index (χ4v) is 11.1. The van der Waals surface area contributed by atoms with E-state index in [1.807, 2.05) is 90.9 Å². The van der Waals surface area contributed by atoms with Gasteiger partial charge in [-0.05, 0) is 87.7 Å². The Kier molecular flexibility index (Phi) is 27.3. The number of aliphatic carboxylic acids is 1. The van der Waals surface area contributed by atoms with E-state index in [1.54, 1.807) is 52.9 Å². The molecule has 456 valence electrons. The molecule has 0 unspecified atom stereocenters. The predicted octanol–water partition coefficient (Wildman–Crippen LogP) is 4.16. The van der Waals surface area contributed by atoms with Crippen molar-refractivity contribution >= 4 is 58.9 Å². The van der Waals surface area contributed by atoms with E-state index in [9.17, 15) is 48.3 Å². The van der Waals surface area contributed by atoms with Crippen molar-refractivity contribution in [1.29, 1.82) is 0 Å². The number of carboxylic acids is 1. The normalized spacial score (nSPS) is 18.1. The summed E-state index contributed by atoms with van der Waals surface area (Å²) in [6.07, 6.45) is 1.06. The van der Waals surface area contributed by atoms with E-state index >= 15 is 0 Å². The number of likely N-dealkylation sites (N-methyl/N-ethyl adjacent to an activating group) is 2. The molecule has 6 N–H and O–H groups in total. The van der Waals surface area contributed by atoms with E-state index < -0.39 is 89.9 Å². The van der Waals surface area contributed by atoms with Crippen LogP contribution in [0.2, 0.25) is 0 Å². The smallest absolute Gasteiger partial charge is 0.306 e. The van der Waals surface area contributed by atoms with Crippen LogP contribution in [0.1, 0.15) is 118 Å². The molecule has 2 fully saturated rings. The lowest BCUT2D eigenvalue weighted by Crippen LogP contribution is -2.59. The van der Waals surface area contributed by atoms with Crippen LogP contribution in [-0.2, 0) is 70.5 Å². The number of anilines is 1. The molecule has 2 heterocycles. The zero-order valence-corrected chi connectivity index (χ0v) is 50.5. The van der Waals surface area contributed by atoms with E-state index in [0.717, 1.165) is 5.56 Å². The summed E-state index contributed by atoms with van der Waals surface area (Å²) < 4.78 is 12.1. The van der Waals surface area contributed by atoms with E-state index in [2.05, 4.69) is 26.7 Å². The minimum atomic E-state index is -1.08. The van der Waals surface area contributed by atoms with Crippen LogP contribution in [0.4, 0.5) is 5.69 Å². The van der Waals surface area contributed by atoms with Gasteiger partial charge in [-0.1, -0.05) is 97.4 Å². The van der Waals surface area contributed by atoms with Gasteiger partial charge in [0.1, 0.15) is 18.1 Å². The molecule has 82 heavy (non-hydrogen) atoms. The van der Waals surface area contributed by atoms with Gasteiger partial charge in [0.15, 0.2) is 0 Å². The van der Waals surface area contributed by atoms with Crippen molar-refractivity contribution in [2.75, 3.05) is 60.3 Å². The molecule has 8 amide bonds. The minimum Gasteiger partial charge on any atom is -0.481 e. The van der Waals surface area contributed by atoms with Crippen molar-refractivity contribution in [3.63, 3.8) is 0 Å². The number of carbonyl (C=O) groups excluding carboxylic acids is 8. The third kappa shape index (κ3) is 19.6. The average molecular weight is 1150 g/mol. The van der Waals surface area contributed by atoms with Gasteiger partial charge in [-0.15, -0.1) is 0 Å². The molecule has 0 aromatic heterocycles. The zero-order chi connectivity index (χ0) is 61.0. The van der Waals surface area contributed by atoms with Gasteiger partial charge in [0, 0.05) is 65.9 Å². The number of likely N-dealkylation sites (tertiary alicyclic amines) is 2. The molecule has 2 saturated heterocycles. The Morgan fingerprint density at radius 1 is 0.707 bits per heavy atom. The average Bonchev–Trinajstić information content (AvgIpc) is 4.15. The molecule has 10 atom stereocenters. The molecule has 22 nitrogen and oxygen atoms in total. The topological polar surface area (TPSA) is 275 Å². The van der Waals surface area contributed by atoms with Crippen molar-refractivity contribution in [3.05, 3.63) is 65.7 Å². The number of ether oxygens (including phenoxy) is 2. The molecule has 0 spiro atoms. The fourth-order valence-electron chi connectivity index (χ4n) is 11.1. The highest BCUT2D eigenvalue weighted by Crippen LogP contribution is 2.30. The summed E-state index contributed by atoms with van der Waals surface area (Å²) in [5, 5.41) is 20.5. The van der Waals surface area contributed by atoms with Crippen molar-refractivity contribution in [2.24, 2.45) is 29.6 Å². The molecule has 0 aliphatic carbocycles. The van der Waals surface area contributed by atoms with Crippen LogP contribution in [0.15, 0.2) is 54.6 Å². The van der Waals surface area contributed by atoms with Gasteiger partial charge in [0.05, 0.1) is 55.2 Å². The van der Waals surface area contributed by atoms with Crippen LogP contribution in [0.25, 0.3) is 0 Å². The van der Waals surface area contributed by atoms with Crippen molar-refractivity contribution in [2.45, 2.75) is 168 Å². The number of benzene rings is 2. The van der Waals surface area contributed by atoms with E-state index in [4.69, 9.17) is 14.3 Å². The Labute approximate surface area is 484 Å². The Morgan fingerprint density at radius 3 is 1.91 bits per heavy atom. The van der Waals surface area contributed by atoms with Gasteiger partial charge in [-0.3, -0.25) is 52.9 Å². The minimum absolute atomic E-state index is 0.00364. The number of hydrogen-bond acceptors (Lipinski definition) is 13. The number of piperidine rings is 1. The lowest BCUT2D eigenvalue weighted by atomic mass is 9.89. The first-order valence-corrected chi connectivity index (χ1v) is 28.9. The molecule has 2 aliphatic rings. The fraction of sp³-hybridized carbons (Fsp3) is 0.650. The van der Waals surface area contributed by atoms with E-state index in [-0.39, 0.29) is 73.7 Å². The van der Waals surface area contributed by atoms with Crippen LogP contribution in [0.3, 0.4) is 0 Å². The molecule has 22 heteroatoms. The molecular formula is C60H93N9O13. The Balaban J connectivity index is 1.36. The molecule has 0 saturated carbocycles. The van der Waals surface area contributed by atoms with Crippen molar-refractivity contribution in [3.8, 4) is 0 Å². The maximum absolute atomic E-state index is 14.5. The maximum atomic E-state index is 14.5. The van der Waals surface area contributed by atoms with Crippen LogP contribution in [-0.4, -0.2) is 181 Å². The number of hydroxylamine groups is 1. The lowest BCUT2D eigenvalue weighted by Gasteiger charge is -2.41. The summed E-state index contributed by atoms with van der Waals surface area (Å²) >= 11 is 0. The number of amides is 8. The summed E-state index contributed by atoms with van der Waals surface area (Å²) in [4.78, 5) is 132. The molecule has 0 radical (unpaired) electrons. The van der Waals surface area contributed by atoms with Crippen LogP contribution >= 0.6 is 0 Å². The number of carbonyl (C=O) groups is 9. The highest BCUT2D eigenvalue weighted by atomic mass is 16.7. The van der Waals surface area contributed by atoms with Gasteiger partial charge in [0.2, 0.25) is 41.4 Å². The maximum Gasteiger partial charge on any atom is 0.306 e. The SMILES string of the molecule is CC[C@H](C)[C@@H]([C@@H](CC(=O)N1CCC[C@H]1[C@H](OC)[C@@H](C)C(=O)N[C@@H](Cc1ccccc1)C(=O)NOCc1ccc(NC(=O)[C@@H](C)NC(=O)CCC(=O)N2CCC(C(=O)O)CC2)cc1)OC)N(C)C(=O)[C@@H](NC(=O)[C@H](C(C)C)N(C)C)C(C)C. The number of nitrogens with one attached hydrogen (secondary N) is 5. The van der Waals surface area contributed by atoms with Crippen molar-refractivity contribution in [1.82, 2.24) is 41.0 Å². The quantitative estimate of drug-likeness (QED) is 0.0579. The van der Waals surface area contributed by atoms with E-state index in [1.165, 1.54) is 21.1 Å². The number of hydrogen-bond donors (Lipinski definition) is 6. The number of nitrogens with zero attached hydrogens (tertiary/aromatic N) is 4. The predicted molar refractivity (Wildman–Crippen MR) is 309 cm³/mol. The third-order valence-corrected chi connectivity index (χ3v) is 16.0. The second-order valence-corrected chi connectivity index (χ2v) is 22.9. The first kappa shape index (κ1) is 68.0. The standard InChI is InChI=1S/C60H93N9O13/c1-14-38(6)53(67(11)59(77)51(36(2)3)64-58(76)52(37(4)5)66(9)10)47(80-12)34-50(72)69-30-18-21-46(69)54(81-13)39(7)55(73)63-45(33-41-19-16-15-17-20-41)57(75)65-82-35-42-22-24-44(25-23-42)62-56(74)40(8)61-48(70)26-27-49(71)68-31-28-43(29-32-68)60(78)79/h15-17,19-20,22-25,36-40,43,45-47,51-54H,14,18,21,26-35H2,1-13H3,(H,61,70)(H,62,74)(H,63,73)(H,64,76)(H,65,75)(H,78,79)/t38-,39+,40+,45-,46-,47+,51-,52-,53-,54+/m0/s1. The van der Waals surface area contributed by atoms with Gasteiger partial charge in [-0.25, -0.2) is 5.48 Å². The van der Waals surface area contributed by atoms with Crippen LogP contribution in [0.5, 0.6) is 0 Å². The monoisotopic (exact) mass is 1150 g/mol. The molecule has 0 bridgehead atoms. The molecule has 2 aromatic rings. The molecule has 2 aliphatic heterocycles. The summed E-state index contributed by atoms with van der Waals surface area (Å²) in [5.41, 5.74) is 4.33. The number of methoxy groups -OCH3 is 2. The number of rotatable bonds is 31. The van der Waals surface area contributed by atoms with E-state index in [0.29, 0.717) is 63.0 Å². The van der Waals surface area contributed by atoms with Crippen LogP contribution in [0, 0.1) is 29.6 Å². The number of carboxylic acid groups (broad SMARTS) is 1. The molecule has 4 rings (SSSR count). The van der Waals surface area contributed by atoms with Gasteiger partial charge >= 0.3 is 5.97 Å². The summed E-state index contributed by atoms with van der Waals surface area (Å²) in [7, 11) is 8.40. The summed E-state index contributed by atoms with van der Waals surface area (Å²) in [6.45, 7) is 16.0. The summed E-state index contributed by atoms with van der Waals surface area (Å²) in [6, 6.07) is 11.5. The molecule has 2 aromatic carbocycles. The first-order chi connectivity index (χ1) is 38.8. The third-order valence-electron chi connectivity index (χ3n) is 16.0. The highest BCUT2D eigenvalue weighted by molar-refractivity contribution is 5.97. The Hall–Kier alpha value is -6.49. The first-order valence-electron chi connectivity index (χ1n) is 28.9.